The fourth-order valence-corrected chi connectivity index (χ4v) is 3.16. The van der Waals surface area contributed by atoms with Crippen LogP contribution in [0.5, 0.6) is 0 Å². The van der Waals surface area contributed by atoms with Gasteiger partial charge < -0.3 is 10.2 Å². The van der Waals surface area contributed by atoms with Gasteiger partial charge in [-0.15, -0.1) is 0 Å². The van der Waals surface area contributed by atoms with Crippen LogP contribution in [-0.4, -0.2) is 50.7 Å². The first kappa shape index (κ1) is 15.0. The summed E-state index contributed by atoms with van der Waals surface area (Å²) in [5.41, 5.74) is 0.536. The summed E-state index contributed by atoms with van der Waals surface area (Å²) >= 11 is 0. The Morgan fingerprint density at radius 2 is 2.00 bits per heavy atom. The maximum atomic E-state index is 12.4. The number of nitrogens with one attached hydrogen (secondary N) is 1. The van der Waals surface area contributed by atoms with Crippen molar-refractivity contribution in [3.05, 3.63) is 29.8 Å². The fraction of sp³-hybridized carbons (Fsp3) is 0.500. The molecule has 20 heavy (non-hydrogen) atoms. The van der Waals surface area contributed by atoms with Crippen molar-refractivity contribution in [2.45, 2.75) is 24.8 Å². The van der Waals surface area contributed by atoms with E-state index in [2.05, 4.69) is 5.32 Å². The fourth-order valence-electron chi connectivity index (χ4n) is 2.28. The van der Waals surface area contributed by atoms with Gasteiger partial charge in [0.2, 0.25) is 0 Å². The maximum absolute atomic E-state index is 12.4. The first-order valence-electron chi connectivity index (χ1n) is 6.80. The molecule has 0 aliphatic carbocycles. The van der Waals surface area contributed by atoms with Crippen molar-refractivity contribution in [3.8, 4) is 0 Å². The molecule has 0 unspecified atom stereocenters. The van der Waals surface area contributed by atoms with Crippen LogP contribution in [-0.2, 0) is 9.84 Å². The molecule has 0 spiro atoms. The van der Waals surface area contributed by atoms with Gasteiger partial charge in [-0.2, -0.15) is 0 Å². The number of sulfone groups is 1. The van der Waals surface area contributed by atoms with E-state index >= 15 is 0 Å². The van der Waals surface area contributed by atoms with Gasteiger partial charge in [0.25, 0.3) is 5.91 Å². The van der Waals surface area contributed by atoms with Crippen molar-refractivity contribution in [2.75, 3.05) is 25.4 Å². The van der Waals surface area contributed by atoms with Crippen molar-refractivity contribution in [1.29, 1.82) is 0 Å². The number of carbonyl (C=O) groups excluding carboxylic acids is 1. The second-order valence-electron chi connectivity index (χ2n) is 4.98. The Labute approximate surface area is 119 Å². The highest BCUT2D eigenvalue weighted by Gasteiger charge is 2.24. The second-order valence-corrected chi connectivity index (χ2v) is 7.26. The van der Waals surface area contributed by atoms with Crippen LogP contribution in [0.4, 0.5) is 0 Å². The van der Waals surface area contributed by atoms with E-state index in [4.69, 9.17) is 0 Å². The monoisotopic (exact) mass is 296 g/mol. The third kappa shape index (κ3) is 3.02. The average molecular weight is 296 g/mol. The van der Waals surface area contributed by atoms with E-state index in [0.717, 1.165) is 13.1 Å². The van der Waals surface area contributed by atoms with E-state index in [1.165, 1.54) is 12.1 Å². The van der Waals surface area contributed by atoms with Crippen LogP contribution < -0.4 is 5.32 Å². The molecule has 6 heteroatoms. The molecule has 1 aromatic carbocycles. The highest BCUT2D eigenvalue weighted by atomic mass is 32.2. The molecule has 1 saturated heterocycles. The minimum Gasteiger partial charge on any atom is -0.333 e. The SMILES string of the molecule is CCS(=O)(=O)c1ccc(C(=O)N2CCNC[C@H]2C)cc1. The number of amides is 1. The summed E-state index contributed by atoms with van der Waals surface area (Å²) in [5.74, 6) is 0.0224. The minimum absolute atomic E-state index is 0.0422. The summed E-state index contributed by atoms with van der Waals surface area (Å²) in [5, 5.41) is 3.23. The zero-order chi connectivity index (χ0) is 14.8. The lowest BCUT2D eigenvalue weighted by molar-refractivity contribution is 0.0655. The number of benzene rings is 1. The van der Waals surface area contributed by atoms with Gasteiger partial charge in [0.15, 0.2) is 9.84 Å². The number of hydrogen-bond donors (Lipinski definition) is 1. The Morgan fingerprint density at radius 1 is 1.35 bits per heavy atom. The molecule has 1 atom stereocenters. The molecule has 1 aliphatic heterocycles. The Kier molecular flexibility index (Phi) is 4.45. The molecular weight excluding hydrogens is 276 g/mol. The minimum atomic E-state index is -3.21. The number of piperazine rings is 1. The summed E-state index contributed by atoms with van der Waals surface area (Å²) in [6.45, 7) is 5.86. The van der Waals surface area contributed by atoms with Crippen LogP contribution in [0.15, 0.2) is 29.2 Å². The van der Waals surface area contributed by atoms with Gasteiger partial charge in [-0.25, -0.2) is 8.42 Å². The Hall–Kier alpha value is -1.40. The largest absolute Gasteiger partial charge is 0.333 e. The molecule has 1 fully saturated rings. The van der Waals surface area contributed by atoms with Crippen LogP contribution in [0.1, 0.15) is 24.2 Å². The molecule has 1 aliphatic rings. The van der Waals surface area contributed by atoms with Gasteiger partial charge in [0.05, 0.1) is 10.6 Å². The van der Waals surface area contributed by atoms with Crippen LogP contribution in [0.2, 0.25) is 0 Å². The topological polar surface area (TPSA) is 66.5 Å². The first-order valence-corrected chi connectivity index (χ1v) is 8.45. The lowest BCUT2D eigenvalue weighted by atomic mass is 10.1. The predicted octanol–water partition coefficient (Wildman–Crippen LogP) is 0.914. The molecule has 2 rings (SSSR count). The molecule has 1 heterocycles. The summed E-state index contributed by atoms with van der Waals surface area (Å²) in [6, 6.07) is 6.37. The third-order valence-electron chi connectivity index (χ3n) is 3.60. The zero-order valence-electron chi connectivity index (χ0n) is 11.8. The third-order valence-corrected chi connectivity index (χ3v) is 5.35. The zero-order valence-corrected chi connectivity index (χ0v) is 12.6. The molecule has 0 radical (unpaired) electrons. The number of rotatable bonds is 3. The maximum Gasteiger partial charge on any atom is 0.254 e. The molecular formula is C14H20N2O3S. The van der Waals surface area contributed by atoms with Gasteiger partial charge in [-0.05, 0) is 31.2 Å². The summed E-state index contributed by atoms with van der Waals surface area (Å²) in [4.78, 5) is 14.5. The molecule has 5 nitrogen and oxygen atoms in total. The van der Waals surface area contributed by atoms with Crippen molar-refractivity contribution < 1.29 is 13.2 Å². The summed E-state index contributed by atoms with van der Waals surface area (Å²) in [6.07, 6.45) is 0. The van der Waals surface area contributed by atoms with Gasteiger partial charge in [0.1, 0.15) is 0 Å². The quantitative estimate of drug-likeness (QED) is 0.900. The predicted molar refractivity (Wildman–Crippen MR) is 77.5 cm³/mol. The van der Waals surface area contributed by atoms with Gasteiger partial charge in [-0.1, -0.05) is 6.92 Å². The smallest absolute Gasteiger partial charge is 0.254 e. The number of hydrogen-bond acceptors (Lipinski definition) is 4. The highest BCUT2D eigenvalue weighted by Crippen LogP contribution is 2.15. The molecule has 0 aromatic heterocycles. The van der Waals surface area contributed by atoms with E-state index < -0.39 is 9.84 Å². The number of nitrogens with zero attached hydrogens (tertiary/aromatic N) is 1. The van der Waals surface area contributed by atoms with E-state index in [1.807, 2.05) is 11.8 Å². The molecule has 0 saturated carbocycles. The lowest BCUT2D eigenvalue weighted by Crippen LogP contribution is -2.52. The molecule has 1 N–H and O–H groups in total. The summed E-state index contributed by atoms with van der Waals surface area (Å²) < 4.78 is 23.5. The van der Waals surface area contributed by atoms with Crippen LogP contribution in [0.25, 0.3) is 0 Å². The van der Waals surface area contributed by atoms with Crippen molar-refractivity contribution in [2.24, 2.45) is 0 Å². The van der Waals surface area contributed by atoms with Gasteiger partial charge in [0, 0.05) is 31.2 Å². The normalized spacial score (nSPS) is 19.9. The van der Waals surface area contributed by atoms with Crippen LogP contribution in [0, 0.1) is 0 Å². The van der Waals surface area contributed by atoms with E-state index in [-0.39, 0.29) is 22.6 Å². The Balaban J connectivity index is 2.19. The van der Waals surface area contributed by atoms with Gasteiger partial charge in [-0.3, -0.25) is 4.79 Å². The standard InChI is InChI=1S/C14H20N2O3S/c1-3-20(18,19)13-6-4-12(5-7-13)14(17)16-9-8-15-10-11(16)2/h4-7,11,15H,3,8-10H2,1-2H3/t11-/m1/s1. The Morgan fingerprint density at radius 3 is 2.55 bits per heavy atom. The van der Waals surface area contributed by atoms with E-state index in [0.29, 0.717) is 12.1 Å². The summed E-state index contributed by atoms with van der Waals surface area (Å²) in [7, 11) is -3.21. The highest BCUT2D eigenvalue weighted by molar-refractivity contribution is 7.91. The first-order chi connectivity index (χ1) is 9.45. The van der Waals surface area contributed by atoms with Crippen molar-refractivity contribution in [3.63, 3.8) is 0 Å². The number of carbonyl (C=O) groups is 1. The van der Waals surface area contributed by atoms with Crippen LogP contribution in [0.3, 0.4) is 0 Å². The molecule has 1 amide bonds. The van der Waals surface area contributed by atoms with E-state index in [9.17, 15) is 13.2 Å². The lowest BCUT2D eigenvalue weighted by Gasteiger charge is -2.34. The Bertz CT molecular complexity index is 581. The average Bonchev–Trinajstić information content (AvgIpc) is 2.47. The van der Waals surface area contributed by atoms with E-state index in [1.54, 1.807) is 19.1 Å². The molecule has 110 valence electrons. The van der Waals surface area contributed by atoms with Crippen LogP contribution >= 0.6 is 0 Å². The van der Waals surface area contributed by atoms with Gasteiger partial charge >= 0.3 is 0 Å². The van der Waals surface area contributed by atoms with Crippen molar-refractivity contribution >= 4 is 15.7 Å². The molecule has 0 bridgehead atoms. The second kappa shape index (κ2) is 5.93. The molecule has 1 aromatic rings. The van der Waals surface area contributed by atoms with Crippen molar-refractivity contribution in [1.82, 2.24) is 10.2 Å².